The first-order chi connectivity index (χ1) is 19.0. The standard InChI is InChI=1S/C30H38ClN5O4/c1-7-36-17-26(35-29(36)19(4)33-20(5)37)22-10-8-21(9-11-22)14-24(16-28(38)32-6)34-30(39)23-12-13-27(25(31)15-23)40-18(2)3/h8-13,15,17-19,24H,7,14,16H2,1-6H3,(H,32,38)(H,33,37)(H,34,39)/t19?,24-/m0/s1. The molecule has 1 aromatic heterocycles. The van der Waals surface area contributed by atoms with Gasteiger partial charge in [0.05, 0.1) is 22.9 Å². The highest BCUT2D eigenvalue weighted by atomic mass is 35.5. The van der Waals surface area contributed by atoms with E-state index in [-0.39, 0.29) is 36.3 Å². The number of aryl methyl sites for hydroxylation is 1. The lowest BCUT2D eigenvalue weighted by atomic mass is 10.0. The van der Waals surface area contributed by atoms with E-state index < -0.39 is 6.04 Å². The van der Waals surface area contributed by atoms with Gasteiger partial charge in [0.2, 0.25) is 11.8 Å². The quantitative estimate of drug-likeness (QED) is 0.294. The van der Waals surface area contributed by atoms with Crippen LogP contribution in [0.5, 0.6) is 5.75 Å². The molecule has 2 aromatic carbocycles. The summed E-state index contributed by atoms with van der Waals surface area (Å²) in [6, 6.07) is 12.1. The molecule has 3 N–H and O–H groups in total. The van der Waals surface area contributed by atoms with Gasteiger partial charge in [-0.3, -0.25) is 14.4 Å². The Morgan fingerprint density at radius 1 is 1.05 bits per heavy atom. The molecule has 9 nitrogen and oxygen atoms in total. The van der Waals surface area contributed by atoms with Gasteiger partial charge in [0.25, 0.3) is 5.91 Å². The summed E-state index contributed by atoms with van der Waals surface area (Å²) in [6.45, 7) is 9.95. The highest BCUT2D eigenvalue weighted by molar-refractivity contribution is 6.32. The van der Waals surface area contributed by atoms with Gasteiger partial charge < -0.3 is 25.3 Å². The van der Waals surface area contributed by atoms with Gasteiger partial charge in [-0.25, -0.2) is 4.98 Å². The number of imidazole rings is 1. The fourth-order valence-electron chi connectivity index (χ4n) is 4.39. The number of rotatable bonds is 12. The number of nitrogens with zero attached hydrogens (tertiary/aromatic N) is 2. The van der Waals surface area contributed by atoms with Crippen LogP contribution in [0, 0.1) is 0 Å². The second-order valence-electron chi connectivity index (χ2n) is 9.95. The monoisotopic (exact) mass is 567 g/mol. The Hall–Kier alpha value is -3.85. The molecule has 3 amide bonds. The van der Waals surface area contributed by atoms with Gasteiger partial charge in [0.15, 0.2) is 0 Å². The number of amides is 3. The van der Waals surface area contributed by atoms with E-state index in [9.17, 15) is 14.4 Å². The van der Waals surface area contributed by atoms with Gasteiger partial charge in [-0.2, -0.15) is 0 Å². The molecule has 1 unspecified atom stereocenters. The van der Waals surface area contributed by atoms with Gasteiger partial charge in [-0.15, -0.1) is 0 Å². The predicted octanol–water partition coefficient (Wildman–Crippen LogP) is 4.68. The molecule has 1 heterocycles. The van der Waals surface area contributed by atoms with E-state index in [1.807, 2.05) is 62.7 Å². The van der Waals surface area contributed by atoms with Crippen LogP contribution in [0.3, 0.4) is 0 Å². The number of benzene rings is 2. The minimum Gasteiger partial charge on any atom is -0.489 e. The van der Waals surface area contributed by atoms with E-state index in [1.165, 1.54) is 6.92 Å². The molecule has 0 fully saturated rings. The summed E-state index contributed by atoms with van der Waals surface area (Å²) in [4.78, 5) is 41.5. The van der Waals surface area contributed by atoms with E-state index in [0.717, 1.165) is 29.2 Å². The van der Waals surface area contributed by atoms with E-state index >= 15 is 0 Å². The Morgan fingerprint density at radius 3 is 2.33 bits per heavy atom. The maximum atomic E-state index is 13.0. The lowest BCUT2D eigenvalue weighted by Crippen LogP contribution is -2.40. The molecular weight excluding hydrogens is 530 g/mol. The molecule has 0 bridgehead atoms. The molecule has 0 radical (unpaired) electrons. The van der Waals surface area contributed by atoms with Crippen molar-refractivity contribution in [1.29, 1.82) is 0 Å². The number of hydrogen-bond acceptors (Lipinski definition) is 5. The average Bonchev–Trinajstić information content (AvgIpc) is 3.34. The normalized spacial score (nSPS) is 12.5. The highest BCUT2D eigenvalue weighted by Gasteiger charge is 2.20. The summed E-state index contributed by atoms with van der Waals surface area (Å²) in [5, 5.41) is 8.84. The summed E-state index contributed by atoms with van der Waals surface area (Å²) < 4.78 is 7.67. The van der Waals surface area contributed by atoms with Crippen molar-refractivity contribution >= 4 is 29.3 Å². The molecule has 3 aromatic rings. The van der Waals surface area contributed by atoms with Crippen LogP contribution in [-0.4, -0.2) is 46.5 Å². The lowest BCUT2D eigenvalue weighted by Gasteiger charge is -2.19. The second kappa shape index (κ2) is 14.0. The van der Waals surface area contributed by atoms with Crippen molar-refractivity contribution in [1.82, 2.24) is 25.5 Å². The summed E-state index contributed by atoms with van der Waals surface area (Å²) in [5.74, 6) is 0.688. The smallest absolute Gasteiger partial charge is 0.251 e. The van der Waals surface area contributed by atoms with Crippen molar-refractivity contribution in [2.75, 3.05) is 7.05 Å². The first-order valence-electron chi connectivity index (χ1n) is 13.4. The number of halogens is 1. The van der Waals surface area contributed by atoms with Crippen LogP contribution >= 0.6 is 11.6 Å². The van der Waals surface area contributed by atoms with E-state index in [1.54, 1.807) is 25.2 Å². The molecule has 0 spiro atoms. The van der Waals surface area contributed by atoms with Crippen LogP contribution in [0.1, 0.15) is 68.8 Å². The molecular formula is C30H38ClN5O4. The van der Waals surface area contributed by atoms with Crippen molar-refractivity contribution in [3.8, 4) is 17.0 Å². The molecule has 10 heteroatoms. The van der Waals surface area contributed by atoms with Crippen molar-refractivity contribution in [3.05, 3.63) is 70.6 Å². The number of carbonyl (C=O) groups is 3. The fraction of sp³-hybridized carbons (Fsp3) is 0.400. The molecule has 214 valence electrons. The third kappa shape index (κ3) is 8.32. The minimum absolute atomic E-state index is 0.0443. The maximum absolute atomic E-state index is 13.0. The largest absolute Gasteiger partial charge is 0.489 e. The average molecular weight is 568 g/mol. The first-order valence-corrected chi connectivity index (χ1v) is 13.8. The molecule has 0 aliphatic carbocycles. The third-order valence-corrected chi connectivity index (χ3v) is 6.58. The van der Waals surface area contributed by atoms with Gasteiger partial charge in [0, 0.05) is 50.3 Å². The molecule has 3 rings (SSSR count). The van der Waals surface area contributed by atoms with Crippen molar-refractivity contribution < 1.29 is 19.1 Å². The number of nitrogens with one attached hydrogen (secondary N) is 3. The minimum atomic E-state index is -0.437. The summed E-state index contributed by atoms with van der Waals surface area (Å²) in [7, 11) is 1.57. The second-order valence-corrected chi connectivity index (χ2v) is 10.4. The third-order valence-electron chi connectivity index (χ3n) is 6.29. The van der Waals surface area contributed by atoms with Crippen molar-refractivity contribution in [3.63, 3.8) is 0 Å². The number of hydrogen-bond donors (Lipinski definition) is 3. The van der Waals surface area contributed by atoms with Crippen LogP contribution in [0.4, 0.5) is 0 Å². The zero-order chi connectivity index (χ0) is 29.4. The van der Waals surface area contributed by atoms with Crippen LogP contribution in [0.2, 0.25) is 5.02 Å². The van der Waals surface area contributed by atoms with Crippen molar-refractivity contribution in [2.24, 2.45) is 0 Å². The van der Waals surface area contributed by atoms with Crippen LogP contribution in [0.15, 0.2) is 48.7 Å². The molecule has 0 aliphatic rings. The molecule has 0 saturated heterocycles. The SMILES string of the molecule is CCn1cc(-c2ccc(C[C@@H](CC(=O)NC)NC(=O)c3ccc(OC(C)C)c(Cl)c3)cc2)nc1C(C)NC(C)=O. The maximum Gasteiger partial charge on any atom is 0.251 e. The summed E-state index contributed by atoms with van der Waals surface area (Å²) in [6.07, 6.45) is 2.50. The lowest BCUT2D eigenvalue weighted by molar-refractivity contribution is -0.121. The van der Waals surface area contributed by atoms with Crippen molar-refractivity contribution in [2.45, 2.75) is 72.2 Å². The Labute approximate surface area is 240 Å². The number of ether oxygens (including phenoxy) is 1. The molecule has 40 heavy (non-hydrogen) atoms. The Morgan fingerprint density at radius 2 is 1.75 bits per heavy atom. The number of carbonyl (C=O) groups excluding carboxylic acids is 3. The number of aromatic nitrogens is 2. The molecule has 2 atom stereocenters. The zero-order valence-corrected chi connectivity index (χ0v) is 24.6. The Balaban J connectivity index is 1.76. The van der Waals surface area contributed by atoms with Gasteiger partial charge >= 0.3 is 0 Å². The molecule has 0 aliphatic heterocycles. The molecule has 0 saturated carbocycles. The van der Waals surface area contributed by atoms with E-state index in [0.29, 0.717) is 22.8 Å². The van der Waals surface area contributed by atoms with Crippen LogP contribution in [-0.2, 0) is 22.6 Å². The fourth-order valence-corrected chi connectivity index (χ4v) is 4.62. The van der Waals surface area contributed by atoms with E-state index in [4.69, 9.17) is 21.3 Å². The summed E-state index contributed by atoms with van der Waals surface area (Å²) >= 11 is 6.32. The zero-order valence-electron chi connectivity index (χ0n) is 23.9. The van der Waals surface area contributed by atoms with E-state index in [2.05, 4.69) is 16.0 Å². The predicted molar refractivity (Wildman–Crippen MR) is 156 cm³/mol. The summed E-state index contributed by atoms with van der Waals surface area (Å²) in [5.41, 5.74) is 3.07. The van der Waals surface area contributed by atoms with Gasteiger partial charge in [-0.05, 0) is 57.9 Å². The Bertz CT molecular complexity index is 1340. The first kappa shape index (κ1) is 30.7. The van der Waals surface area contributed by atoms with Gasteiger partial charge in [-0.1, -0.05) is 35.9 Å². The van der Waals surface area contributed by atoms with Gasteiger partial charge in [0.1, 0.15) is 11.6 Å². The Kier molecular flexibility index (Phi) is 10.7. The van der Waals surface area contributed by atoms with Crippen LogP contribution in [0.25, 0.3) is 11.3 Å². The topological polar surface area (TPSA) is 114 Å². The highest BCUT2D eigenvalue weighted by Crippen LogP contribution is 2.27. The van der Waals surface area contributed by atoms with Crippen LogP contribution < -0.4 is 20.7 Å².